The number of aromatic nitrogens is 4. The van der Waals surface area contributed by atoms with Gasteiger partial charge in [-0.1, -0.05) is 23.7 Å². The highest BCUT2D eigenvalue weighted by Crippen LogP contribution is 2.28. The maximum Gasteiger partial charge on any atom is 0.183 e. The van der Waals surface area contributed by atoms with E-state index in [1.807, 2.05) is 54.6 Å². The van der Waals surface area contributed by atoms with Crippen molar-refractivity contribution in [1.29, 1.82) is 0 Å². The first-order valence-corrected chi connectivity index (χ1v) is 9.17. The number of nitrogens with zero attached hydrogens (tertiary/aromatic N) is 3. The average molecular weight is 408 g/mol. The molecular formula is C21H18ClN5O2. The molecular weight excluding hydrogens is 390 g/mol. The minimum absolute atomic E-state index is 0.573. The second kappa shape index (κ2) is 8.20. The van der Waals surface area contributed by atoms with Crippen LogP contribution in [0.5, 0.6) is 11.5 Å². The number of anilines is 2. The number of aromatic amines is 1. The Morgan fingerprint density at radius 2 is 1.76 bits per heavy atom. The van der Waals surface area contributed by atoms with Gasteiger partial charge in [-0.3, -0.25) is 0 Å². The van der Waals surface area contributed by atoms with Crippen molar-refractivity contribution in [1.82, 2.24) is 19.9 Å². The van der Waals surface area contributed by atoms with E-state index in [-0.39, 0.29) is 0 Å². The third-order valence-corrected chi connectivity index (χ3v) is 4.51. The molecule has 2 aromatic heterocycles. The van der Waals surface area contributed by atoms with Crippen molar-refractivity contribution < 1.29 is 9.47 Å². The van der Waals surface area contributed by atoms with Gasteiger partial charge in [-0.25, -0.2) is 15.0 Å². The molecule has 0 spiro atoms. The fourth-order valence-corrected chi connectivity index (χ4v) is 2.95. The summed E-state index contributed by atoms with van der Waals surface area (Å²) in [6.45, 7) is 0. The molecule has 4 aromatic rings. The fraction of sp³-hybridized carbons (Fsp3) is 0.0952. The van der Waals surface area contributed by atoms with Gasteiger partial charge in [-0.05, 0) is 48.0 Å². The molecule has 0 atom stereocenters. The minimum Gasteiger partial charge on any atom is -0.493 e. The summed E-state index contributed by atoms with van der Waals surface area (Å²) in [5.41, 5.74) is 3.11. The SMILES string of the molecule is COc1ccc(C=Cc2nc3ncnc(Nc4ccc(Cl)cc4)c3[nH]2)cc1OC. The Bertz CT molecular complexity index is 1170. The summed E-state index contributed by atoms with van der Waals surface area (Å²) in [7, 11) is 3.22. The molecule has 0 bridgehead atoms. The second-order valence-corrected chi connectivity index (χ2v) is 6.56. The number of ether oxygens (including phenoxy) is 2. The van der Waals surface area contributed by atoms with Crippen LogP contribution >= 0.6 is 11.6 Å². The summed E-state index contributed by atoms with van der Waals surface area (Å²) in [5.74, 6) is 2.64. The summed E-state index contributed by atoms with van der Waals surface area (Å²) in [6, 6.07) is 13.1. The van der Waals surface area contributed by atoms with Crippen molar-refractivity contribution in [2.45, 2.75) is 0 Å². The molecule has 2 aromatic carbocycles. The molecule has 0 amide bonds. The van der Waals surface area contributed by atoms with E-state index >= 15 is 0 Å². The molecule has 0 aliphatic carbocycles. The van der Waals surface area contributed by atoms with E-state index in [4.69, 9.17) is 21.1 Å². The first-order valence-electron chi connectivity index (χ1n) is 8.79. The Kier molecular flexibility index (Phi) is 5.31. The number of benzene rings is 2. The van der Waals surface area contributed by atoms with Gasteiger partial charge in [0.15, 0.2) is 23.0 Å². The molecule has 29 heavy (non-hydrogen) atoms. The first-order chi connectivity index (χ1) is 14.2. The van der Waals surface area contributed by atoms with Crippen LogP contribution in [0.4, 0.5) is 11.5 Å². The zero-order valence-corrected chi connectivity index (χ0v) is 16.6. The predicted octanol–water partition coefficient (Wildman–Crippen LogP) is 4.94. The van der Waals surface area contributed by atoms with Gasteiger partial charge in [0.2, 0.25) is 0 Å². The normalized spacial score (nSPS) is 11.1. The highest BCUT2D eigenvalue weighted by atomic mass is 35.5. The Hall–Kier alpha value is -3.58. The molecule has 0 aliphatic heterocycles. The van der Waals surface area contributed by atoms with E-state index in [0.29, 0.717) is 33.8 Å². The van der Waals surface area contributed by atoms with Gasteiger partial charge < -0.3 is 19.8 Å². The molecule has 0 radical (unpaired) electrons. The van der Waals surface area contributed by atoms with E-state index in [1.54, 1.807) is 14.2 Å². The third-order valence-electron chi connectivity index (χ3n) is 4.25. The zero-order valence-electron chi connectivity index (χ0n) is 15.8. The highest BCUT2D eigenvalue weighted by molar-refractivity contribution is 6.30. The van der Waals surface area contributed by atoms with E-state index in [2.05, 4.69) is 25.3 Å². The molecule has 4 rings (SSSR count). The molecule has 0 fully saturated rings. The fourth-order valence-electron chi connectivity index (χ4n) is 2.82. The summed E-state index contributed by atoms with van der Waals surface area (Å²) >= 11 is 5.94. The minimum atomic E-state index is 0.573. The summed E-state index contributed by atoms with van der Waals surface area (Å²) in [6.07, 6.45) is 5.28. The number of methoxy groups -OCH3 is 2. The number of rotatable bonds is 6. The van der Waals surface area contributed by atoms with Gasteiger partial charge in [0, 0.05) is 10.7 Å². The van der Waals surface area contributed by atoms with Crippen molar-refractivity contribution in [3.63, 3.8) is 0 Å². The molecule has 146 valence electrons. The lowest BCUT2D eigenvalue weighted by Gasteiger charge is -2.07. The van der Waals surface area contributed by atoms with Crippen molar-refractivity contribution in [3.8, 4) is 11.5 Å². The lowest BCUT2D eigenvalue weighted by Crippen LogP contribution is -1.95. The van der Waals surface area contributed by atoms with Crippen molar-refractivity contribution in [3.05, 3.63) is 65.2 Å². The smallest absolute Gasteiger partial charge is 0.183 e. The molecule has 2 N–H and O–H groups in total. The number of hydrogen-bond donors (Lipinski definition) is 2. The molecule has 0 saturated heterocycles. The zero-order chi connectivity index (χ0) is 20.2. The maximum atomic E-state index is 5.94. The number of imidazole rings is 1. The van der Waals surface area contributed by atoms with Crippen LogP contribution in [0.25, 0.3) is 23.3 Å². The van der Waals surface area contributed by atoms with Crippen molar-refractivity contribution in [2.75, 3.05) is 19.5 Å². The Morgan fingerprint density at radius 1 is 0.966 bits per heavy atom. The van der Waals surface area contributed by atoms with Gasteiger partial charge >= 0.3 is 0 Å². The van der Waals surface area contributed by atoms with Crippen LogP contribution in [0.15, 0.2) is 48.8 Å². The number of halogens is 1. The molecule has 2 heterocycles. The van der Waals surface area contributed by atoms with Gasteiger partial charge in [0.05, 0.1) is 14.2 Å². The van der Waals surface area contributed by atoms with Crippen LogP contribution in [0.1, 0.15) is 11.4 Å². The largest absolute Gasteiger partial charge is 0.493 e. The van der Waals surface area contributed by atoms with Crippen molar-refractivity contribution >= 4 is 46.4 Å². The van der Waals surface area contributed by atoms with Crippen molar-refractivity contribution in [2.24, 2.45) is 0 Å². The number of H-pyrrole nitrogens is 1. The molecule has 0 unspecified atom stereocenters. The van der Waals surface area contributed by atoms with Crippen LogP contribution in [0.2, 0.25) is 5.02 Å². The first kappa shape index (κ1) is 18.8. The van der Waals surface area contributed by atoms with Gasteiger partial charge in [-0.15, -0.1) is 0 Å². The lowest BCUT2D eigenvalue weighted by molar-refractivity contribution is 0.355. The summed E-state index contributed by atoms with van der Waals surface area (Å²) < 4.78 is 10.6. The number of hydrogen-bond acceptors (Lipinski definition) is 6. The highest BCUT2D eigenvalue weighted by Gasteiger charge is 2.09. The van der Waals surface area contributed by atoms with E-state index < -0.39 is 0 Å². The summed E-state index contributed by atoms with van der Waals surface area (Å²) in [5, 5.41) is 3.93. The van der Waals surface area contributed by atoms with Gasteiger partial charge in [0.1, 0.15) is 17.7 Å². The van der Waals surface area contributed by atoms with Gasteiger partial charge in [-0.2, -0.15) is 0 Å². The Morgan fingerprint density at radius 3 is 2.52 bits per heavy atom. The predicted molar refractivity (Wildman–Crippen MR) is 115 cm³/mol. The summed E-state index contributed by atoms with van der Waals surface area (Å²) in [4.78, 5) is 16.3. The topological polar surface area (TPSA) is 85.0 Å². The quantitative estimate of drug-likeness (QED) is 0.471. The van der Waals surface area contributed by atoms with Crippen LogP contribution in [-0.2, 0) is 0 Å². The third kappa shape index (κ3) is 4.14. The van der Waals surface area contributed by atoms with E-state index in [0.717, 1.165) is 16.8 Å². The average Bonchev–Trinajstić information content (AvgIpc) is 3.18. The Balaban J connectivity index is 1.61. The van der Waals surface area contributed by atoms with Crippen LogP contribution < -0.4 is 14.8 Å². The second-order valence-electron chi connectivity index (χ2n) is 6.12. The molecule has 0 aliphatic rings. The molecule has 7 nitrogen and oxygen atoms in total. The molecule has 0 saturated carbocycles. The van der Waals surface area contributed by atoms with Gasteiger partial charge in [0.25, 0.3) is 0 Å². The number of nitrogens with one attached hydrogen (secondary N) is 2. The monoisotopic (exact) mass is 407 g/mol. The number of fused-ring (bicyclic) bond motifs is 1. The molecule has 8 heteroatoms. The van der Waals surface area contributed by atoms with E-state index in [1.165, 1.54) is 6.33 Å². The van der Waals surface area contributed by atoms with Crippen LogP contribution in [-0.4, -0.2) is 34.2 Å². The lowest BCUT2D eigenvalue weighted by atomic mass is 10.2. The van der Waals surface area contributed by atoms with Crippen LogP contribution in [0.3, 0.4) is 0 Å². The van der Waals surface area contributed by atoms with Crippen LogP contribution in [0, 0.1) is 0 Å². The maximum absolute atomic E-state index is 5.94. The van der Waals surface area contributed by atoms with E-state index in [9.17, 15) is 0 Å². The Labute approximate surface area is 172 Å². The standard InChI is InChI=1S/C21H18ClN5O2/c1-28-16-9-3-13(11-17(16)29-2)4-10-18-26-19-20(23-12-24-21(19)27-18)25-15-7-5-14(22)6-8-15/h3-12H,1-2H3,(H2,23,24,25,26,27).